The minimum absolute atomic E-state index is 0.497. The lowest BCUT2D eigenvalue weighted by Gasteiger charge is -2.27. The minimum atomic E-state index is 0.497. The Kier molecular flexibility index (Phi) is 5.24. The first-order chi connectivity index (χ1) is 15.2. The van der Waals surface area contributed by atoms with Gasteiger partial charge in [0.2, 0.25) is 5.95 Å². The van der Waals surface area contributed by atoms with Crippen LogP contribution in [0.3, 0.4) is 0 Å². The Morgan fingerprint density at radius 2 is 1.94 bits per heavy atom. The summed E-state index contributed by atoms with van der Waals surface area (Å²) in [6, 6.07) is 17.7. The summed E-state index contributed by atoms with van der Waals surface area (Å²) in [7, 11) is 2.23. The molecule has 0 saturated carbocycles. The number of hydrogen-bond donors (Lipinski definition) is 1. The number of benzene rings is 2. The van der Waals surface area contributed by atoms with Crippen LogP contribution in [-0.4, -0.2) is 45.6 Å². The van der Waals surface area contributed by atoms with Crippen molar-refractivity contribution in [3.63, 3.8) is 0 Å². The Balaban J connectivity index is 1.58. The summed E-state index contributed by atoms with van der Waals surface area (Å²) in [5, 5.41) is 2.55. The van der Waals surface area contributed by atoms with E-state index in [4.69, 9.17) is 5.73 Å². The molecule has 1 atom stereocenters. The third-order valence-electron chi connectivity index (χ3n) is 6.65. The van der Waals surface area contributed by atoms with Crippen LogP contribution < -0.4 is 10.6 Å². The lowest BCUT2D eigenvalue weighted by atomic mass is 10.1. The predicted molar refractivity (Wildman–Crippen MR) is 129 cm³/mol. The van der Waals surface area contributed by atoms with Gasteiger partial charge >= 0.3 is 0 Å². The Morgan fingerprint density at radius 3 is 2.71 bits per heavy atom. The van der Waals surface area contributed by atoms with Gasteiger partial charge in [-0.15, -0.1) is 0 Å². The molecule has 160 valence electrons. The summed E-state index contributed by atoms with van der Waals surface area (Å²) in [6.45, 7) is 5.18. The van der Waals surface area contributed by atoms with Crippen LogP contribution in [0.4, 0.5) is 17.5 Å². The van der Waals surface area contributed by atoms with Crippen LogP contribution in [0, 0.1) is 0 Å². The Morgan fingerprint density at radius 1 is 1.10 bits per heavy atom. The average molecular weight is 415 g/mol. The van der Waals surface area contributed by atoms with E-state index < -0.39 is 0 Å². The fourth-order valence-electron chi connectivity index (χ4n) is 5.01. The Hall–Kier alpha value is -3.12. The van der Waals surface area contributed by atoms with E-state index in [1.807, 2.05) is 0 Å². The standard InChI is InChI=1S/C25H30N6/c1-3-30-22-9-5-4-8-20(22)21-17-19(10-11-23(21)30)31(25-27-14-12-24(26)28-25)16-13-18-7-6-15-29(18)2/h4-5,8-12,14,17-18H,3,6-7,13,15-16H2,1-2H3,(H2,26,27,28). The van der Waals surface area contributed by atoms with Gasteiger partial charge < -0.3 is 20.1 Å². The summed E-state index contributed by atoms with van der Waals surface area (Å²) < 4.78 is 2.38. The number of anilines is 3. The highest BCUT2D eigenvalue weighted by Gasteiger charge is 2.23. The summed E-state index contributed by atoms with van der Waals surface area (Å²) in [4.78, 5) is 13.8. The number of nitrogens with zero attached hydrogens (tertiary/aromatic N) is 5. The van der Waals surface area contributed by atoms with Gasteiger partial charge in [-0.25, -0.2) is 4.98 Å². The van der Waals surface area contributed by atoms with E-state index in [1.165, 1.54) is 41.2 Å². The van der Waals surface area contributed by atoms with Gasteiger partial charge in [0, 0.05) is 52.8 Å². The van der Waals surface area contributed by atoms with Crippen molar-refractivity contribution < 1.29 is 0 Å². The summed E-state index contributed by atoms with van der Waals surface area (Å²) in [6.07, 6.45) is 5.35. The molecule has 1 saturated heterocycles. The number of nitrogens with two attached hydrogens (primary N) is 1. The van der Waals surface area contributed by atoms with Gasteiger partial charge in [0.05, 0.1) is 0 Å². The van der Waals surface area contributed by atoms with Gasteiger partial charge in [0.25, 0.3) is 0 Å². The van der Waals surface area contributed by atoms with Crippen molar-refractivity contribution in [3.8, 4) is 0 Å². The van der Waals surface area contributed by atoms with Crippen molar-refractivity contribution >= 4 is 39.3 Å². The fourth-order valence-corrected chi connectivity index (χ4v) is 5.01. The summed E-state index contributed by atoms with van der Waals surface area (Å²) >= 11 is 0. The molecule has 0 radical (unpaired) electrons. The molecule has 1 aliphatic rings. The molecule has 0 spiro atoms. The van der Waals surface area contributed by atoms with Gasteiger partial charge in [-0.1, -0.05) is 18.2 Å². The van der Waals surface area contributed by atoms with E-state index >= 15 is 0 Å². The molecule has 0 bridgehead atoms. The summed E-state index contributed by atoms with van der Waals surface area (Å²) in [5.74, 6) is 1.16. The number of aromatic nitrogens is 3. The minimum Gasteiger partial charge on any atom is -0.384 e. The molecular weight excluding hydrogens is 384 g/mol. The molecule has 3 heterocycles. The zero-order valence-corrected chi connectivity index (χ0v) is 18.3. The predicted octanol–water partition coefficient (Wildman–Crippen LogP) is 4.81. The highest BCUT2D eigenvalue weighted by molar-refractivity contribution is 6.09. The van der Waals surface area contributed by atoms with Crippen LogP contribution in [0.25, 0.3) is 21.8 Å². The Labute approximate surface area is 183 Å². The smallest absolute Gasteiger partial charge is 0.231 e. The molecule has 2 N–H and O–H groups in total. The quantitative estimate of drug-likeness (QED) is 0.491. The molecule has 1 fully saturated rings. The highest BCUT2D eigenvalue weighted by atomic mass is 15.3. The van der Waals surface area contributed by atoms with Gasteiger partial charge in [0.1, 0.15) is 5.82 Å². The maximum atomic E-state index is 6.01. The van der Waals surface area contributed by atoms with Crippen molar-refractivity contribution in [3.05, 3.63) is 54.7 Å². The number of para-hydroxylation sites is 1. The van der Waals surface area contributed by atoms with E-state index in [-0.39, 0.29) is 0 Å². The lowest BCUT2D eigenvalue weighted by Crippen LogP contribution is -2.30. The number of nitrogen functional groups attached to an aromatic ring is 1. The van der Waals surface area contributed by atoms with Gasteiger partial charge in [0.15, 0.2) is 0 Å². The normalized spacial score (nSPS) is 17.0. The third-order valence-corrected chi connectivity index (χ3v) is 6.65. The fraction of sp³-hybridized carbons (Fsp3) is 0.360. The molecule has 0 aliphatic carbocycles. The van der Waals surface area contributed by atoms with Crippen molar-refractivity contribution in [2.24, 2.45) is 0 Å². The second-order valence-electron chi connectivity index (χ2n) is 8.46. The second-order valence-corrected chi connectivity index (χ2v) is 8.46. The Bertz CT molecular complexity index is 1210. The zero-order valence-electron chi connectivity index (χ0n) is 18.3. The van der Waals surface area contributed by atoms with Crippen molar-refractivity contribution in [2.75, 3.05) is 30.8 Å². The molecule has 31 heavy (non-hydrogen) atoms. The first kappa shape index (κ1) is 19.8. The van der Waals surface area contributed by atoms with E-state index in [0.29, 0.717) is 17.8 Å². The van der Waals surface area contributed by atoms with Crippen molar-refractivity contribution in [1.29, 1.82) is 0 Å². The van der Waals surface area contributed by atoms with Crippen LogP contribution >= 0.6 is 0 Å². The van der Waals surface area contributed by atoms with Crippen LogP contribution in [-0.2, 0) is 6.54 Å². The highest BCUT2D eigenvalue weighted by Crippen LogP contribution is 2.34. The molecule has 1 aliphatic heterocycles. The van der Waals surface area contributed by atoms with Crippen LogP contribution in [0.2, 0.25) is 0 Å². The molecule has 2 aromatic heterocycles. The first-order valence-electron chi connectivity index (χ1n) is 11.2. The monoisotopic (exact) mass is 414 g/mol. The van der Waals surface area contributed by atoms with Crippen LogP contribution in [0.5, 0.6) is 0 Å². The number of hydrogen-bond acceptors (Lipinski definition) is 5. The molecule has 1 unspecified atom stereocenters. The molecule has 5 rings (SSSR count). The number of rotatable bonds is 6. The molecule has 2 aromatic carbocycles. The number of fused-ring (bicyclic) bond motifs is 3. The van der Waals surface area contributed by atoms with Crippen molar-refractivity contribution in [1.82, 2.24) is 19.4 Å². The maximum absolute atomic E-state index is 6.01. The third kappa shape index (κ3) is 3.61. The van der Waals surface area contributed by atoms with Crippen LogP contribution in [0.1, 0.15) is 26.2 Å². The topological polar surface area (TPSA) is 63.2 Å². The average Bonchev–Trinajstić information content (AvgIpc) is 3.34. The molecule has 4 aromatic rings. The van der Waals surface area contributed by atoms with Gasteiger partial charge in [-0.2, -0.15) is 4.98 Å². The van der Waals surface area contributed by atoms with E-state index in [9.17, 15) is 0 Å². The first-order valence-corrected chi connectivity index (χ1v) is 11.2. The summed E-state index contributed by atoms with van der Waals surface area (Å²) in [5.41, 5.74) is 9.66. The van der Waals surface area contributed by atoms with Crippen LogP contribution in [0.15, 0.2) is 54.7 Å². The van der Waals surface area contributed by atoms with Gasteiger partial charge in [-0.3, -0.25) is 0 Å². The molecule has 6 nitrogen and oxygen atoms in total. The number of likely N-dealkylation sites (tertiary alicyclic amines) is 1. The largest absolute Gasteiger partial charge is 0.384 e. The van der Waals surface area contributed by atoms with Crippen molar-refractivity contribution in [2.45, 2.75) is 38.8 Å². The van der Waals surface area contributed by atoms with E-state index in [0.717, 1.165) is 25.2 Å². The SMILES string of the molecule is CCn1c2ccccc2c2cc(N(CCC3CCCN3C)c3nccc(N)n3)ccc21. The maximum Gasteiger partial charge on any atom is 0.231 e. The molecule has 6 heteroatoms. The molecule has 0 amide bonds. The number of aryl methyl sites for hydroxylation is 1. The molecular formula is C25H30N6. The lowest BCUT2D eigenvalue weighted by molar-refractivity contribution is 0.299. The second kappa shape index (κ2) is 8.19. The van der Waals surface area contributed by atoms with Gasteiger partial charge in [-0.05, 0) is 70.1 Å². The van der Waals surface area contributed by atoms with E-state index in [2.05, 4.69) is 80.8 Å². The zero-order chi connectivity index (χ0) is 21.4. The van der Waals surface area contributed by atoms with E-state index in [1.54, 1.807) is 12.3 Å².